The summed E-state index contributed by atoms with van der Waals surface area (Å²) in [5.41, 5.74) is 2.18. The number of methoxy groups -OCH3 is 2. The van der Waals surface area contributed by atoms with Crippen molar-refractivity contribution >= 4 is 22.5 Å². The maximum Gasteiger partial charge on any atom is 0.261 e. The van der Waals surface area contributed by atoms with Crippen LogP contribution < -0.4 is 20.3 Å². The van der Waals surface area contributed by atoms with Gasteiger partial charge in [0.05, 0.1) is 31.4 Å². The summed E-state index contributed by atoms with van der Waals surface area (Å²) in [6.07, 6.45) is 2.33. The van der Waals surface area contributed by atoms with Crippen LogP contribution in [0.4, 0.5) is 5.69 Å². The zero-order valence-electron chi connectivity index (χ0n) is 16.2. The van der Waals surface area contributed by atoms with E-state index in [9.17, 15) is 9.59 Å². The number of benzene rings is 2. The van der Waals surface area contributed by atoms with E-state index in [1.165, 1.54) is 25.1 Å². The summed E-state index contributed by atoms with van der Waals surface area (Å²) >= 11 is 0. The molecule has 0 spiro atoms. The highest BCUT2D eigenvalue weighted by molar-refractivity contribution is 5.91. The van der Waals surface area contributed by atoms with Gasteiger partial charge in [0.2, 0.25) is 5.91 Å². The van der Waals surface area contributed by atoms with E-state index in [0.29, 0.717) is 41.8 Å². The van der Waals surface area contributed by atoms with Gasteiger partial charge in [0.25, 0.3) is 5.56 Å². The van der Waals surface area contributed by atoms with E-state index >= 15 is 0 Å². The Hall–Kier alpha value is -3.35. The number of aryl methyl sites for hydroxylation is 2. The first-order valence-corrected chi connectivity index (χ1v) is 9.00. The lowest BCUT2D eigenvalue weighted by Crippen LogP contribution is -2.22. The molecule has 2 aromatic carbocycles. The van der Waals surface area contributed by atoms with Crippen LogP contribution in [0, 0.1) is 6.92 Å². The summed E-state index contributed by atoms with van der Waals surface area (Å²) in [5.74, 6) is 0.916. The van der Waals surface area contributed by atoms with Crippen molar-refractivity contribution in [1.82, 2.24) is 9.55 Å². The van der Waals surface area contributed by atoms with Gasteiger partial charge < -0.3 is 14.8 Å². The Kier molecular flexibility index (Phi) is 5.93. The maximum absolute atomic E-state index is 12.7. The quantitative estimate of drug-likeness (QED) is 0.680. The molecule has 0 unspecified atom stereocenters. The first-order chi connectivity index (χ1) is 13.5. The second-order valence-corrected chi connectivity index (χ2v) is 6.43. The smallest absolute Gasteiger partial charge is 0.261 e. The molecule has 0 radical (unpaired) electrons. The highest BCUT2D eigenvalue weighted by atomic mass is 16.5. The first kappa shape index (κ1) is 19.4. The van der Waals surface area contributed by atoms with Crippen molar-refractivity contribution in [3.63, 3.8) is 0 Å². The Labute approximate surface area is 162 Å². The highest BCUT2D eigenvalue weighted by Crippen LogP contribution is 2.29. The molecule has 3 rings (SSSR count). The number of nitrogens with zero attached hydrogens (tertiary/aromatic N) is 2. The third-order valence-corrected chi connectivity index (χ3v) is 4.55. The molecule has 1 aromatic heterocycles. The van der Waals surface area contributed by atoms with Gasteiger partial charge in [-0.1, -0.05) is 18.2 Å². The molecule has 146 valence electrons. The molecule has 1 amide bonds. The molecule has 28 heavy (non-hydrogen) atoms. The van der Waals surface area contributed by atoms with Crippen molar-refractivity contribution in [2.24, 2.45) is 0 Å². The number of rotatable bonds is 7. The minimum atomic E-state index is -0.176. The van der Waals surface area contributed by atoms with Gasteiger partial charge in [-0.25, -0.2) is 4.98 Å². The second kappa shape index (κ2) is 8.56. The fourth-order valence-electron chi connectivity index (χ4n) is 2.98. The van der Waals surface area contributed by atoms with Crippen molar-refractivity contribution in [3.8, 4) is 11.5 Å². The number of anilines is 1. The lowest BCUT2D eigenvalue weighted by Gasteiger charge is -2.11. The van der Waals surface area contributed by atoms with Gasteiger partial charge in [0.15, 0.2) is 11.5 Å². The third kappa shape index (κ3) is 4.14. The van der Waals surface area contributed by atoms with Crippen molar-refractivity contribution < 1.29 is 14.3 Å². The standard InChI is InChI=1S/C21H23N3O4/c1-14-7-4-5-8-16(14)23-20(25)9-6-10-24-13-22-17-12-19(28-3)18(27-2)11-15(17)21(24)26/h4-5,7-8,11-13H,6,9-10H2,1-3H3,(H,23,25). The van der Waals surface area contributed by atoms with Crippen molar-refractivity contribution in [2.75, 3.05) is 19.5 Å². The second-order valence-electron chi connectivity index (χ2n) is 6.43. The molecule has 7 nitrogen and oxygen atoms in total. The van der Waals surface area contributed by atoms with Gasteiger partial charge in [-0.2, -0.15) is 0 Å². The molecule has 0 atom stereocenters. The van der Waals surface area contributed by atoms with Gasteiger partial charge in [-0.15, -0.1) is 0 Å². The van der Waals surface area contributed by atoms with E-state index < -0.39 is 0 Å². The normalized spacial score (nSPS) is 10.7. The topological polar surface area (TPSA) is 82.5 Å². The predicted molar refractivity (Wildman–Crippen MR) is 108 cm³/mol. The number of hydrogen-bond acceptors (Lipinski definition) is 5. The summed E-state index contributed by atoms with van der Waals surface area (Å²) < 4.78 is 12.0. The van der Waals surface area contributed by atoms with E-state index in [1.54, 1.807) is 12.1 Å². The van der Waals surface area contributed by atoms with Gasteiger partial charge in [-0.05, 0) is 31.0 Å². The van der Waals surface area contributed by atoms with Crippen LogP contribution in [0.15, 0.2) is 47.5 Å². The maximum atomic E-state index is 12.7. The van der Waals surface area contributed by atoms with Crippen LogP contribution in [0.2, 0.25) is 0 Å². The van der Waals surface area contributed by atoms with E-state index in [4.69, 9.17) is 9.47 Å². The van der Waals surface area contributed by atoms with Crippen molar-refractivity contribution in [2.45, 2.75) is 26.3 Å². The molecule has 1 heterocycles. The molecule has 3 aromatic rings. The molecule has 0 fully saturated rings. The molecule has 0 saturated heterocycles. The van der Waals surface area contributed by atoms with Gasteiger partial charge in [0, 0.05) is 24.7 Å². The van der Waals surface area contributed by atoms with Gasteiger partial charge in [-0.3, -0.25) is 14.2 Å². The number of carbonyl (C=O) groups excluding carboxylic acids is 1. The predicted octanol–water partition coefficient (Wildman–Crippen LogP) is 3.14. The summed E-state index contributed by atoms with van der Waals surface area (Å²) in [6.45, 7) is 2.34. The first-order valence-electron chi connectivity index (χ1n) is 9.00. The van der Waals surface area contributed by atoms with Gasteiger partial charge >= 0.3 is 0 Å². The SMILES string of the molecule is COc1cc2ncn(CCCC(=O)Nc3ccccc3C)c(=O)c2cc1OC. The lowest BCUT2D eigenvalue weighted by molar-refractivity contribution is -0.116. The summed E-state index contributed by atoms with van der Waals surface area (Å²) in [6, 6.07) is 10.9. The Bertz CT molecular complexity index is 1060. The number of nitrogens with one attached hydrogen (secondary N) is 1. The highest BCUT2D eigenvalue weighted by Gasteiger charge is 2.11. The van der Waals surface area contributed by atoms with E-state index in [2.05, 4.69) is 10.3 Å². The van der Waals surface area contributed by atoms with Crippen LogP contribution in [-0.2, 0) is 11.3 Å². The number of para-hydroxylation sites is 1. The number of fused-ring (bicyclic) bond motifs is 1. The monoisotopic (exact) mass is 381 g/mol. The Morgan fingerprint density at radius 1 is 1.14 bits per heavy atom. The lowest BCUT2D eigenvalue weighted by atomic mass is 10.2. The van der Waals surface area contributed by atoms with E-state index in [0.717, 1.165) is 11.3 Å². The fourth-order valence-corrected chi connectivity index (χ4v) is 2.98. The fraction of sp³-hybridized carbons (Fsp3) is 0.286. The largest absolute Gasteiger partial charge is 0.493 e. The van der Waals surface area contributed by atoms with Crippen LogP contribution in [-0.4, -0.2) is 29.7 Å². The number of aromatic nitrogens is 2. The minimum absolute atomic E-state index is 0.0810. The van der Waals surface area contributed by atoms with Crippen molar-refractivity contribution in [1.29, 1.82) is 0 Å². The number of hydrogen-bond donors (Lipinski definition) is 1. The molecule has 0 saturated carbocycles. The Morgan fingerprint density at radius 3 is 2.57 bits per heavy atom. The number of ether oxygens (including phenoxy) is 2. The average molecular weight is 381 g/mol. The number of carbonyl (C=O) groups is 1. The molecule has 0 bridgehead atoms. The zero-order valence-corrected chi connectivity index (χ0v) is 16.2. The average Bonchev–Trinajstić information content (AvgIpc) is 2.70. The molecule has 1 N–H and O–H groups in total. The van der Waals surface area contributed by atoms with Crippen LogP contribution >= 0.6 is 0 Å². The third-order valence-electron chi connectivity index (χ3n) is 4.55. The molecular formula is C21H23N3O4. The Balaban J connectivity index is 1.69. The Morgan fingerprint density at radius 2 is 1.86 bits per heavy atom. The molecule has 0 aliphatic carbocycles. The molecular weight excluding hydrogens is 358 g/mol. The van der Waals surface area contributed by atoms with Crippen LogP contribution in [0.3, 0.4) is 0 Å². The molecule has 0 aliphatic rings. The zero-order chi connectivity index (χ0) is 20.1. The van der Waals surface area contributed by atoms with Gasteiger partial charge in [0.1, 0.15) is 0 Å². The van der Waals surface area contributed by atoms with E-state index in [1.807, 2.05) is 31.2 Å². The van der Waals surface area contributed by atoms with Crippen LogP contribution in [0.1, 0.15) is 18.4 Å². The van der Waals surface area contributed by atoms with Crippen LogP contribution in [0.5, 0.6) is 11.5 Å². The molecule has 7 heteroatoms. The minimum Gasteiger partial charge on any atom is -0.493 e. The van der Waals surface area contributed by atoms with Crippen molar-refractivity contribution in [3.05, 3.63) is 58.6 Å². The van der Waals surface area contributed by atoms with E-state index in [-0.39, 0.29) is 11.5 Å². The summed E-state index contributed by atoms with van der Waals surface area (Å²) in [7, 11) is 3.05. The van der Waals surface area contributed by atoms with Crippen LogP contribution in [0.25, 0.3) is 10.9 Å². The number of amides is 1. The summed E-state index contributed by atoms with van der Waals surface area (Å²) in [4.78, 5) is 29.2. The molecule has 0 aliphatic heterocycles. The summed E-state index contributed by atoms with van der Waals surface area (Å²) in [5, 5.41) is 3.34.